The van der Waals surface area contributed by atoms with Crippen LogP contribution in [-0.4, -0.2) is 46.2 Å². The van der Waals surface area contributed by atoms with Gasteiger partial charge in [-0.3, -0.25) is 9.59 Å². The standard InChI is InChI=1S/C21H26N2O5/c1-15(24)23(17-6-5-7-18(13-17)26-2)14-21(25)22-11-10-16-8-9-19(27-3)20(12-16)28-4/h5-9,12-13H,10-11,14H2,1-4H3,(H,22,25). The average molecular weight is 386 g/mol. The summed E-state index contributed by atoms with van der Waals surface area (Å²) in [6.45, 7) is 1.81. The molecule has 0 heterocycles. The Bertz CT molecular complexity index is 822. The van der Waals surface area contributed by atoms with E-state index >= 15 is 0 Å². The van der Waals surface area contributed by atoms with Gasteiger partial charge in [-0.25, -0.2) is 0 Å². The molecule has 0 unspecified atom stereocenters. The number of hydrogen-bond donors (Lipinski definition) is 1. The zero-order chi connectivity index (χ0) is 20.5. The van der Waals surface area contributed by atoms with Crippen LogP contribution in [0.4, 0.5) is 5.69 Å². The molecule has 0 bridgehead atoms. The molecule has 0 saturated carbocycles. The first-order valence-corrected chi connectivity index (χ1v) is 8.88. The minimum Gasteiger partial charge on any atom is -0.497 e. The molecule has 28 heavy (non-hydrogen) atoms. The number of benzene rings is 2. The molecule has 7 nitrogen and oxygen atoms in total. The van der Waals surface area contributed by atoms with Gasteiger partial charge >= 0.3 is 0 Å². The van der Waals surface area contributed by atoms with E-state index in [0.717, 1.165) is 5.56 Å². The van der Waals surface area contributed by atoms with Crippen molar-refractivity contribution in [2.24, 2.45) is 0 Å². The first-order chi connectivity index (χ1) is 13.5. The monoisotopic (exact) mass is 386 g/mol. The molecule has 0 aliphatic carbocycles. The molecular formula is C21H26N2O5. The number of carbonyl (C=O) groups excluding carboxylic acids is 2. The van der Waals surface area contributed by atoms with Crippen molar-refractivity contribution in [2.45, 2.75) is 13.3 Å². The number of methoxy groups -OCH3 is 3. The molecule has 2 aromatic carbocycles. The van der Waals surface area contributed by atoms with E-state index in [9.17, 15) is 9.59 Å². The molecule has 150 valence electrons. The van der Waals surface area contributed by atoms with Crippen LogP contribution < -0.4 is 24.4 Å². The van der Waals surface area contributed by atoms with Gasteiger partial charge in [0, 0.05) is 25.2 Å². The van der Waals surface area contributed by atoms with Crippen molar-refractivity contribution in [2.75, 3.05) is 39.3 Å². The summed E-state index contributed by atoms with van der Waals surface area (Å²) in [6.07, 6.45) is 0.630. The van der Waals surface area contributed by atoms with Crippen LogP contribution >= 0.6 is 0 Å². The lowest BCUT2D eigenvalue weighted by molar-refractivity contribution is -0.123. The van der Waals surface area contributed by atoms with E-state index in [-0.39, 0.29) is 18.4 Å². The summed E-state index contributed by atoms with van der Waals surface area (Å²) < 4.78 is 15.7. The minimum atomic E-state index is -0.238. The highest BCUT2D eigenvalue weighted by Gasteiger charge is 2.16. The van der Waals surface area contributed by atoms with E-state index in [0.29, 0.717) is 35.9 Å². The number of hydrogen-bond acceptors (Lipinski definition) is 5. The predicted molar refractivity (Wildman–Crippen MR) is 107 cm³/mol. The second-order valence-corrected chi connectivity index (χ2v) is 6.10. The number of amides is 2. The maximum Gasteiger partial charge on any atom is 0.240 e. The van der Waals surface area contributed by atoms with E-state index in [1.165, 1.54) is 11.8 Å². The largest absolute Gasteiger partial charge is 0.497 e. The molecule has 0 spiro atoms. The Morgan fingerprint density at radius 1 is 0.964 bits per heavy atom. The summed E-state index contributed by atoms with van der Waals surface area (Å²) >= 11 is 0. The first-order valence-electron chi connectivity index (χ1n) is 8.88. The van der Waals surface area contributed by atoms with E-state index in [1.807, 2.05) is 18.2 Å². The fourth-order valence-electron chi connectivity index (χ4n) is 2.74. The van der Waals surface area contributed by atoms with Gasteiger partial charge in [-0.05, 0) is 36.2 Å². The van der Waals surface area contributed by atoms with Gasteiger partial charge in [0.05, 0.1) is 21.3 Å². The number of nitrogens with one attached hydrogen (secondary N) is 1. The van der Waals surface area contributed by atoms with Crippen molar-refractivity contribution < 1.29 is 23.8 Å². The number of carbonyl (C=O) groups is 2. The Morgan fingerprint density at radius 3 is 2.36 bits per heavy atom. The van der Waals surface area contributed by atoms with Gasteiger partial charge in [0.15, 0.2) is 11.5 Å². The van der Waals surface area contributed by atoms with Gasteiger partial charge in [0.2, 0.25) is 11.8 Å². The maximum absolute atomic E-state index is 12.3. The van der Waals surface area contributed by atoms with Gasteiger partial charge in [-0.1, -0.05) is 12.1 Å². The summed E-state index contributed by atoms with van der Waals surface area (Å²) in [7, 11) is 4.72. The average Bonchev–Trinajstić information content (AvgIpc) is 2.71. The zero-order valence-corrected chi connectivity index (χ0v) is 16.7. The lowest BCUT2D eigenvalue weighted by atomic mass is 10.1. The fourth-order valence-corrected chi connectivity index (χ4v) is 2.74. The summed E-state index contributed by atoms with van der Waals surface area (Å²) in [4.78, 5) is 25.7. The number of ether oxygens (including phenoxy) is 3. The Morgan fingerprint density at radius 2 is 1.71 bits per heavy atom. The smallest absolute Gasteiger partial charge is 0.240 e. The predicted octanol–water partition coefficient (Wildman–Crippen LogP) is 2.42. The van der Waals surface area contributed by atoms with E-state index in [4.69, 9.17) is 14.2 Å². The van der Waals surface area contributed by atoms with Gasteiger partial charge in [0.25, 0.3) is 0 Å². The van der Waals surface area contributed by atoms with Crippen LogP contribution in [0.15, 0.2) is 42.5 Å². The van der Waals surface area contributed by atoms with E-state index in [1.54, 1.807) is 45.6 Å². The molecule has 2 aromatic rings. The highest BCUT2D eigenvalue weighted by molar-refractivity contribution is 5.97. The lowest BCUT2D eigenvalue weighted by Gasteiger charge is -2.21. The summed E-state index contributed by atoms with van der Waals surface area (Å²) in [5, 5.41) is 2.84. The second-order valence-electron chi connectivity index (χ2n) is 6.10. The highest BCUT2D eigenvalue weighted by Crippen LogP contribution is 2.27. The third-order valence-corrected chi connectivity index (χ3v) is 4.23. The maximum atomic E-state index is 12.3. The molecule has 0 aliphatic rings. The van der Waals surface area contributed by atoms with E-state index in [2.05, 4.69) is 5.32 Å². The summed E-state index contributed by atoms with van der Waals surface area (Å²) in [6, 6.07) is 12.7. The molecular weight excluding hydrogens is 360 g/mol. The minimum absolute atomic E-state index is 0.0611. The highest BCUT2D eigenvalue weighted by atomic mass is 16.5. The molecule has 2 amide bonds. The van der Waals surface area contributed by atoms with Gasteiger partial charge in [-0.2, -0.15) is 0 Å². The summed E-state index contributed by atoms with van der Waals surface area (Å²) in [5.74, 6) is 1.47. The van der Waals surface area contributed by atoms with Gasteiger partial charge < -0.3 is 24.4 Å². The molecule has 0 atom stereocenters. The SMILES string of the molecule is COc1cccc(N(CC(=O)NCCc2ccc(OC)c(OC)c2)C(C)=O)c1. The van der Waals surface area contributed by atoms with Crippen LogP contribution in [0.1, 0.15) is 12.5 Å². The van der Waals surface area contributed by atoms with Crippen LogP contribution in [0, 0.1) is 0 Å². The fraction of sp³-hybridized carbons (Fsp3) is 0.333. The summed E-state index contributed by atoms with van der Waals surface area (Å²) in [5.41, 5.74) is 1.62. The van der Waals surface area contributed by atoms with Crippen LogP contribution in [-0.2, 0) is 16.0 Å². The van der Waals surface area contributed by atoms with Crippen LogP contribution in [0.25, 0.3) is 0 Å². The molecule has 2 rings (SSSR count). The molecule has 7 heteroatoms. The van der Waals surface area contributed by atoms with Crippen molar-refractivity contribution in [1.82, 2.24) is 5.32 Å². The van der Waals surface area contributed by atoms with Crippen molar-refractivity contribution in [3.05, 3.63) is 48.0 Å². The first kappa shape index (κ1) is 21.1. The van der Waals surface area contributed by atoms with Crippen molar-refractivity contribution in [3.63, 3.8) is 0 Å². The third kappa shape index (κ3) is 5.64. The Balaban J connectivity index is 1.94. The molecule has 0 aromatic heterocycles. The van der Waals surface area contributed by atoms with Crippen LogP contribution in [0.2, 0.25) is 0 Å². The van der Waals surface area contributed by atoms with Crippen LogP contribution in [0.5, 0.6) is 17.2 Å². The quantitative estimate of drug-likeness (QED) is 0.716. The number of anilines is 1. The van der Waals surface area contributed by atoms with E-state index < -0.39 is 0 Å². The lowest BCUT2D eigenvalue weighted by Crippen LogP contribution is -2.40. The zero-order valence-electron chi connectivity index (χ0n) is 16.7. The molecule has 0 radical (unpaired) electrons. The molecule has 0 fully saturated rings. The van der Waals surface area contributed by atoms with Crippen molar-refractivity contribution in [1.29, 1.82) is 0 Å². The topological polar surface area (TPSA) is 77.1 Å². The molecule has 0 saturated heterocycles. The molecule has 1 N–H and O–H groups in total. The van der Waals surface area contributed by atoms with Gasteiger partial charge in [0.1, 0.15) is 12.3 Å². The van der Waals surface area contributed by atoms with Crippen molar-refractivity contribution >= 4 is 17.5 Å². The number of nitrogens with zero attached hydrogens (tertiary/aromatic N) is 1. The number of rotatable bonds is 9. The molecule has 0 aliphatic heterocycles. The Hall–Kier alpha value is -3.22. The van der Waals surface area contributed by atoms with Crippen LogP contribution in [0.3, 0.4) is 0 Å². The third-order valence-electron chi connectivity index (χ3n) is 4.23. The Kier molecular flexibility index (Phi) is 7.68. The Labute approximate surface area is 165 Å². The van der Waals surface area contributed by atoms with Crippen molar-refractivity contribution in [3.8, 4) is 17.2 Å². The normalized spacial score (nSPS) is 10.1. The second kappa shape index (κ2) is 10.2. The van der Waals surface area contributed by atoms with Gasteiger partial charge in [-0.15, -0.1) is 0 Å².